The smallest absolute Gasteiger partial charge is 0.128 e. The lowest BCUT2D eigenvalue weighted by atomic mass is 10.3. The van der Waals surface area contributed by atoms with Crippen LogP contribution in [-0.4, -0.2) is 36.1 Å². The number of aromatic nitrogens is 2. The largest absolute Gasteiger partial charge is 0.370 e. The Morgan fingerprint density at radius 1 is 1.24 bits per heavy atom. The molecule has 0 amide bonds. The summed E-state index contributed by atoms with van der Waals surface area (Å²) in [5.41, 5.74) is 2.24. The summed E-state index contributed by atoms with van der Waals surface area (Å²) < 4.78 is 0. The molecule has 0 radical (unpaired) electrons. The van der Waals surface area contributed by atoms with Crippen LogP contribution in [0.5, 0.6) is 0 Å². The Morgan fingerprint density at radius 2 is 2.19 bits per heavy atom. The number of hydrogen-bond acceptors (Lipinski definition) is 5. The van der Waals surface area contributed by atoms with Gasteiger partial charge in [0.1, 0.15) is 5.82 Å². The molecule has 0 aromatic carbocycles. The van der Waals surface area contributed by atoms with E-state index in [9.17, 15) is 0 Å². The third-order valence-corrected chi connectivity index (χ3v) is 3.88. The fourth-order valence-electron chi connectivity index (χ4n) is 2.63. The Hall–Kier alpha value is -2.14. The van der Waals surface area contributed by atoms with Gasteiger partial charge in [-0.05, 0) is 31.7 Å². The topological polar surface area (TPSA) is 53.1 Å². The van der Waals surface area contributed by atoms with Gasteiger partial charge in [-0.2, -0.15) is 0 Å². The molecular weight excluding hydrogens is 262 g/mol. The predicted molar refractivity (Wildman–Crippen MR) is 85.5 cm³/mol. The first-order valence-electron chi connectivity index (χ1n) is 7.37. The summed E-state index contributed by atoms with van der Waals surface area (Å²) in [5.74, 6) is 0.895. The summed E-state index contributed by atoms with van der Waals surface area (Å²) in [6.45, 7) is 2.84. The van der Waals surface area contributed by atoms with E-state index in [-0.39, 0.29) is 0 Å². The maximum atomic E-state index is 4.38. The van der Waals surface area contributed by atoms with Crippen molar-refractivity contribution < 1.29 is 0 Å². The van der Waals surface area contributed by atoms with Gasteiger partial charge in [0.2, 0.25) is 0 Å². The highest BCUT2D eigenvalue weighted by Gasteiger charge is 2.21. The number of nitrogens with one attached hydrogen (secondary N) is 2. The van der Waals surface area contributed by atoms with Crippen LogP contribution in [0.3, 0.4) is 0 Å². The van der Waals surface area contributed by atoms with Crippen LogP contribution in [0.15, 0.2) is 42.7 Å². The van der Waals surface area contributed by atoms with E-state index >= 15 is 0 Å². The fraction of sp³-hybridized carbons (Fsp3) is 0.375. The SMILES string of the molecule is CNC1CCN(c2ccnc(NCc3ccccn3)c2)C1. The highest BCUT2D eigenvalue weighted by Crippen LogP contribution is 2.22. The fourth-order valence-corrected chi connectivity index (χ4v) is 2.63. The van der Waals surface area contributed by atoms with E-state index < -0.39 is 0 Å². The third-order valence-electron chi connectivity index (χ3n) is 3.88. The number of pyridine rings is 2. The van der Waals surface area contributed by atoms with Crippen molar-refractivity contribution in [1.29, 1.82) is 0 Å². The standard InChI is InChI=1S/C16H21N5/c1-17-14-6-9-21(12-14)15-5-8-19-16(10-15)20-11-13-4-2-3-7-18-13/h2-5,7-8,10,14,17H,6,9,11-12H2,1H3,(H,19,20). The third kappa shape index (κ3) is 3.49. The first kappa shape index (κ1) is 13.8. The molecule has 5 heteroatoms. The number of anilines is 2. The normalized spacial score (nSPS) is 18.0. The molecule has 0 saturated carbocycles. The lowest BCUT2D eigenvalue weighted by molar-refractivity contribution is 0.617. The predicted octanol–water partition coefficient (Wildman–Crippen LogP) is 1.89. The van der Waals surface area contributed by atoms with Crippen LogP contribution in [0, 0.1) is 0 Å². The van der Waals surface area contributed by atoms with E-state index in [0.717, 1.165) is 24.6 Å². The molecule has 1 saturated heterocycles. The summed E-state index contributed by atoms with van der Waals surface area (Å²) in [5, 5.41) is 6.68. The first-order chi connectivity index (χ1) is 10.3. The van der Waals surface area contributed by atoms with E-state index in [2.05, 4.69) is 37.6 Å². The van der Waals surface area contributed by atoms with Crippen LogP contribution in [0.4, 0.5) is 11.5 Å². The van der Waals surface area contributed by atoms with Gasteiger partial charge in [0.05, 0.1) is 12.2 Å². The van der Waals surface area contributed by atoms with E-state index in [1.807, 2.05) is 37.6 Å². The molecule has 2 aromatic heterocycles. The van der Waals surface area contributed by atoms with E-state index in [4.69, 9.17) is 0 Å². The number of nitrogens with zero attached hydrogens (tertiary/aromatic N) is 3. The van der Waals surface area contributed by atoms with Crippen molar-refractivity contribution in [2.24, 2.45) is 0 Å². The zero-order valence-corrected chi connectivity index (χ0v) is 12.3. The summed E-state index contributed by atoms with van der Waals surface area (Å²) in [6.07, 6.45) is 4.86. The molecule has 1 unspecified atom stereocenters. The molecule has 1 fully saturated rings. The Kier molecular flexibility index (Phi) is 4.31. The van der Waals surface area contributed by atoms with Gasteiger partial charge >= 0.3 is 0 Å². The molecule has 3 rings (SSSR count). The van der Waals surface area contributed by atoms with Crippen molar-refractivity contribution in [3.8, 4) is 0 Å². The van der Waals surface area contributed by atoms with Crippen molar-refractivity contribution in [2.45, 2.75) is 19.0 Å². The van der Waals surface area contributed by atoms with Crippen LogP contribution >= 0.6 is 0 Å². The summed E-state index contributed by atoms with van der Waals surface area (Å²) in [4.78, 5) is 11.1. The van der Waals surface area contributed by atoms with Crippen molar-refractivity contribution in [3.63, 3.8) is 0 Å². The second kappa shape index (κ2) is 6.54. The van der Waals surface area contributed by atoms with Crippen LogP contribution in [0.25, 0.3) is 0 Å². The van der Waals surface area contributed by atoms with Crippen LogP contribution in [0.2, 0.25) is 0 Å². The van der Waals surface area contributed by atoms with E-state index in [0.29, 0.717) is 12.6 Å². The maximum absolute atomic E-state index is 4.38. The second-order valence-electron chi connectivity index (χ2n) is 5.29. The Bertz CT molecular complexity index is 572. The van der Waals surface area contributed by atoms with E-state index in [1.165, 1.54) is 12.1 Å². The van der Waals surface area contributed by atoms with Gasteiger partial charge in [-0.15, -0.1) is 0 Å². The number of hydrogen-bond donors (Lipinski definition) is 2. The Balaban J connectivity index is 1.63. The van der Waals surface area contributed by atoms with Crippen molar-refractivity contribution in [3.05, 3.63) is 48.4 Å². The molecule has 110 valence electrons. The highest BCUT2D eigenvalue weighted by molar-refractivity contribution is 5.54. The van der Waals surface area contributed by atoms with E-state index in [1.54, 1.807) is 0 Å². The average molecular weight is 283 g/mol. The lowest BCUT2D eigenvalue weighted by Crippen LogP contribution is -2.29. The highest BCUT2D eigenvalue weighted by atomic mass is 15.2. The monoisotopic (exact) mass is 283 g/mol. The number of rotatable bonds is 5. The molecule has 1 atom stereocenters. The molecule has 2 N–H and O–H groups in total. The lowest BCUT2D eigenvalue weighted by Gasteiger charge is -2.19. The quantitative estimate of drug-likeness (QED) is 0.877. The van der Waals surface area contributed by atoms with Gasteiger partial charge in [0.15, 0.2) is 0 Å². The molecular formula is C16H21N5. The van der Waals surface area contributed by atoms with Crippen molar-refractivity contribution in [1.82, 2.24) is 15.3 Å². The van der Waals surface area contributed by atoms with Gasteiger partial charge in [0, 0.05) is 43.3 Å². The molecule has 1 aliphatic rings. The minimum atomic E-state index is 0.586. The minimum absolute atomic E-state index is 0.586. The maximum Gasteiger partial charge on any atom is 0.128 e. The van der Waals surface area contributed by atoms with Crippen molar-refractivity contribution >= 4 is 11.5 Å². The van der Waals surface area contributed by atoms with Gasteiger partial charge in [0.25, 0.3) is 0 Å². The van der Waals surface area contributed by atoms with Gasteiger partial charge < -0.3 is 15.5 Å². The average Bonchev–Trinajstić information content (AvgIpc) is 3.03. The molecule has 21 heavy (non-hydrogen) atoms. The molecule has 1 aliphatic heterocycles. The zero-order valence-electron chi connectivity index (χ0n) is 12.3. The first-order valence-corrected chi connectivity index (χ1v) is 7.37. The van der Waals surface area contributed by atoms with Gasteiger partial charge in [-0.3, -0.25) is 4.98 Å². The molecule has 0 spiro atoms. The summed E-state index contributed by atoms with van der Waals surface area (Å²) in [7, 11) is 2.03. The molecule has 0 bridgehead atoms. The summed E-state index contributed by atoms with van der Waals surface area (Å²) >= 11 is 0. The van der Waals surface area contributed by atoms with Crippen LogP contribution in [0.1, 0.15) is 12.1 Å². The molecule has 2 aromatic rings. The zero-order chi connectivity index (χ0) is 14.5. The van der Waals surface area contributed by atoms with Crippen LogP contribution < -0.4 is 15.5 Å². The molecule has 3 heterocycles. The minimum Gasteiger partial charge on any atom is -0.370 e. The molecule has 5 nitrogen and oxygen atoms in total. The van der Waals surface area contributed by atoms with Gasteiger partial charge in [-0.1, -0.05) is 6.07 Å². The second-order valence-corrected chi connectivity index (χ2v) is 5.29. The van der Waals surface area contributed by atoms with Crippen LogP contribution in [-0.2, 0) is 6.54 Å². The Labute approximate surface area is 125 Å². The molecule has 0 aliphatic carbocycles. The summed E-state index contributed by atoms with van der Waals surface area (Å²) in [6, 6.07) is 10.7. The Morgan fingerprint density at radius 3 is 2.95 bits per heavy atom. The number of likely N-dealkylation sites (N-methyl/N-ethyl adjacent to an activating group) is 1. The van der Waals surface area contributed by atoms with Gasteiger partial charge in [-0.25, -0.2) is 4.98 Å². The van der Waals surface area contributed by atoms with Crippen molar-refractivity contribution in [2.75, 3.05) is 30.4 Å².